The van der Waals surface area contributed by atoms with Crippen LogP contribution in [0.3, 0.4) is 0 Å². The maximum atomic E-state index is 12.5. The van der Waals surface area contributed by atoms with Crippen molar-refractivity contribution in [2.24, 2.45) is 7.05 Å². The normalized spacial score (nSPS) is 12.0. The van der Waals surface area contributed by atoms with Crippen LogP contribution in [0.15, 0.2) is 56.3 Å². The third-order valence-electron chi connectivity index (χ3n) is 3.48. The molecule has 1 N–H and O–H groups in total. The standard InChI is InChI=1S/C15H13Br2N3O2S/c1-20-13-5-3-2-4-12(13)19-15(20)9-18-23(21,22)14-7-6-10(16)8-11(14)17/h2-8,18H,9H2,1H3. The molecule has 1 heterocycles. The Bertz CT molecular complexity index is 984. The quantitative estimate of drug-likeness (QED) is 0.649. The van der Waals surface area contributed by atoms with Gasteiger partial charge in [-0.05, 0) is 46.3 Å². The van der Waals surface area contributed by atoms with Gasteiger partial charge in [-0.15, -0.1) is 0 Å². The Labute approximate surface area is 151 Å². The van der Waals surface area contributed by atoms with Gasteiger partial charge in [-0.2, -0.15) is 0 Å². The number of fused-ring (bicyclic) bond motifs is 1. The summed E-state index contributed by atoms with van der Waals surface area (Å²) in [6.07, 6.45) is 0. The van der Waals surface area contributed by atoms with E-state index in [9.17, 15) is 8.42 Å². The fourth-order valence-corrected chi connectivity index (χ4v) is 5.01. The molecule has 8 heteroatoms. The van der Waals surface area contributed by atoms with E-state index in [-0.39, 0.29) is 11.4 Å². The molecule has 3 rings (SSSR count). The molecule has 0 radical (unpaired) electrons. The van der Waals surface area contributed by atoms with E-state index < -0.39 is 10.0 Å². The zero-order valence-corrected chi connectivity index (χ0v) is 16.1. The second-order valence-electron chi connectivity index (χ2n) is 4.98. The van der Waals surface area contributed by atoms with Crippen LogP contribution in [-0.2, 0) is 23.6 Å². The van der Waals surface area contributed by atoms with Gasteiger partial charge >= 0.3 is 0 Å². The molecule has 0 saturated carbocycles. The summed E-state index contributed by atoms with van der Waals surface area (Å²) in [6.45, 7) is 0.121. The number of nitrogens with zero attached hydrogens (tertiary/aromatic N) is 2. The summed E-state index contributed by atoms with van der Waals surface area (Å²) in [5.41, 5.74) is 1.81. The fraction of sp³-hybridized carbons (Fsp3) is 0.133. The molecule has 0 aliphatic rings. The van der Waals surface area contributed by atoms with Crippen LogP contribution in [0.4, 0.5) is 0 Å². The molecule has 0 aliphatic heterocycles. The highest BCUT2D eigenvalue weighted by Crippen LogP contribution is 2.25. The molecular weight excluding hydrogens is 446 g/mol. The van der Waals surface area contributed by atoms with Gasteiger partial charge in [-0.25, -0.2) is 18.1 Å². The molecule has 0 amide bonds. The van der Waals surface area contributed by atoms with Gasteiger partial charge in [0.25, 0.3) is 0 Å². The maximum absolute atomic E-state index is 12.5. The van der Waals surface area contributed by atoms with Crippen LogP contribution in [0.25, 0.3) is 11.0 Å². The van der Waals surface area contributed by atoms with E-state index >= 15 is 0 Å². The number of aromatic nitrogens is 2. The topological polar surface area (TPSA) is 64.0 Å². The van der Waals surface area contributed by atoms with Crippen LogP contribution in [0.5, 0.6) is 0 Å². The van der Waals surface area contributed by atoms with Crippen LogP contribution < -0.4 is 4.72 Å². The minimum absolute atomic E-state index is 0.121. The highest BCUT2D eigenvalue weighted by Gasteiger charge is 2.18. The highest BCUT2D eigenvalue weighted by atomic mass is 79.9. The first-order valence-corrected chi connectivity index (χ1v) is 9.80. The zero-order chi connectivity index (χ0) is 16.6. The summed E-state index contributed by atoms with van der Waals surface area (Å²) in [5, 5.41) is 0. The van der Waals surface area contributed by atoms with Crippen molar-refractivity contribution in [3.63, 3.8) is 0 Å². The molecule has 23 heavy (non-hydrogen) atoms. The first kappa shape index (κ1) is 16.6. The third kappa shape index (κ3) is 3.35. The lowest BCUT2D eigenvalue weighted by atomic mass is 10.3. The molecule has 120 valence electrons. The van der Waals surface area contributed by atoms with Crippen molar-refractivity contribution in [2.75, 3.05) is 0 Å². The molecule has 0 fully saturated rings. The van der Waals surface area contributed by atoms with Crippen molar-refractivity contribution in [3.05, 3.63) is 57.2 Å². The Hall–Kier alpha value is -1.22. The van der Waals surface area contributed by atoms with Crippen LogP contribution in [0.2, 0.25) is 0 Å². The van der Waals surface area contributed by atoms with Crippen molar-refractivity contribution in [2.45, 2.75) is 11.4 Å². The van der Waals surface area contributed by atoms with E-state index in [0.29, 0.717) is 10.3 Å². The molecule has 0 saturated heterocycles. The minimum atomic E-state index is -3.63. The van der Waals surface area contributed by atoms with Gasteiger partial charge in [-0.1, -0.05) is 28.1 Å². The molecule has 2 aromatic carbocycles. The van der Waals surface area contributed by atoms with Gasteiger partial charge in [0, 0.05) is 16.0 Å². The van der Waals surface area contributed by atoms with Gasteiger partial charge in [0.05, 0.1) is 22.5 Å². The second kappa shape index (κ2) is 6.35. The Balaban J connectivity index is 1.87. The monoisotopic (exact) mass is 457 g/mol. The van der Waals surface area contributed by atoms with Crippen molar-refractivity contribution >= 4 is 52.9 Å². The fourth-order valence-electron chi connectivity index (χ4n) is 2.28. The maximum Gasteiger partial charge on any atom is 0.242 e. The molecule has 5 nitrogen and oxygen atoms in total. The summed E-state index contributed by atoms with van der Waals surface area (Å²) < 4.78 is 30.7. The number of benzene rings is 2. The lowest BCUT2D eigenvalue weighted by Crippen LogP contribution is -2.25. The first-order valence-electron chi connectivity index (χ1n) is 6.73. The van der Waals surface area contributed by atoms with Crippen molar-refractivity contribution in [1.29, 1.82) is 0 Å². The lowest BCUT2D eigenvalue weighted by Gasteiger charge is -2.09. The molecule has 0 bridgehead atoms. The first-order chi connectivity index (χ1) is 10.9. The smallest absolute Gasteiger partial charge is 0.242 e. The molecule has 0 aliphatic carbocycles. The van der Waals surface area contributed by atoms with Crippen LogP contribution in [0, 0.1) is 0 Å². The van der Waals surface area contributed by atoms with E-state index in [4.69, 9.17) is 0 Å². The largest absolute Gasteiger partial charge is 0.330 e. The summed E-state index contributed by atoms with van der Waals surface area (Å²) in [4.78, 5) is 4.66. The number of hydrogen-bond acceptors (Lipinski definition) is 3. The highest BCUT2D eigenvalue weighted by molar-refractivity contribution is 9.11. The molecule has 1 aromatic heterocycles. The van der Waals surface area contributed by atoms with Gasteiger partial charge in [0.15, 0.2) is 0 Å². The molecule has 0 atom stereocenters. The van der Waals surface area contributed by atoms with Crippen LogP contribution in [-0.4, -0.2) is 18.0 Å². The van der Waals surface area contributed by atoms with E-state index in [1.54, 1.807) is 18.2 Å². The zero-order valence-electron chi connectivity index (χ0n) is 12.1. The Morgan fingerprint density at radius 3 is 2.61 bits per heavy atom. The lowest BCUT2D eigenvalue weighted by molar-refractivity contribution is 0.577. The number of aryl methyl sites for hydroxylation is 1. The van der Waals surface area contributed by atoms with E-state index in [1.165, 1.54) is 0 Å². The molecule has 0 unspecified atom stereocenters. The van der Waals surface area contributed by atoms with E-state index in [2.05, 4.69) is 41.6 Å². The Morgan fingerprint density at radius 1 is 1.17 bits per heavy atom. The van der Waals surface area contributed by atoms with Crippen molar-refractivity contribution in [1.82, 2.24) is 14.3 Å². The summed E-state index contributed by atoms with van der Waals surface area (Å²) in [5.74, 6) is 0.656. The van der Waals surface area contributed by atoms with Crippen LogP contribution >= 0.6 is 31.9 Å². The number of para-hydroxylation sites is 2. The number of hydrogen-bond donors (Lipinski definition) is 1. The predicted octanol–water partition coefficient (Wildman–Crippen LogP) is 3.58. The van der Waals surface area contributed by atoms with Crippen molar-refractivity contribution < 1.29 is 8.42 Å². The van der Waals surface area contributed by atoms with Gasteiger partial charge in [-0.3, -0.25) is 0 Å². The summed E-state index contributed by atoms with van der Waals surface area (Å²) in [6, 6.07) is 12.6. The predicted molar refractivity (Wildman–Crippen MR) is 96.6 cm³/mol. The number of halogens is 2. The second-order valence-corrected chi connectivity index (χ2v) is 8.48. The number of nitrogens with one attached hydrogen (secondary N) is 1. The molecular formula is C15H13Br2N3O2S. The van der Waals surface area contributed by atoms with Crippen LogP contribution in [0.1, 0.15) is 5.82 Å². The Kier molecular flexibility index (Phi) is 4.59. The third-order valence-corrected chi connectivity index (χ3v) is 6.35. The summed E-state index contributed by atoms with van der Waals surface area (Å²) >= 11 is 6.59. The number of imidazole rings is 1. The van der Waals surface area contributed by atoms with Gasteiger partial charge < -0.3 is 4.57 Å². The average Bonchev–Trinajstić information content (AvgIpc) is 2.82. The minimum Gasteiger partial charge on any atom is -0.330 e. The van der Waals surface area contributed by atoms with Gasteiger partial charge in [0.1, 0.15) is 5.82 Å². The number of sulfonamides is 1. The van der Waals surface area contributed by atoms with Gasteiger partial charge in [0.2, 0.25) is 10.0 Å². The molecule has 0 spiro atoms. The molecule has 3 aromatic rings. The van der Waals surface area contributed by atoms with Crippen molar-refractivity contribution in [3.8, 4) is 0 Å². The number of rotatable bonds is 4. The average molecular weight is 459 g/mol. The Morgan fingerprint density at radius 2 is 1.91 bits per heavy atom. The van der Waals surface area contributed by atoms with E-state index in [0.717, 1.165) is 15.5 Å². The van der Waals surface area contributed by atoms with E-state index in [1.807, 2.05) is 35.9 Å². The SMILES string of the molecule is Cn1c(CNS(=O)(=O)c2ccc(Br)cc2Br)nc2ccccc21. The summed E-state index contributed by atoms with van der Waals surface area (Å²) in [7, 11) is -1.76.